The second kappa shape index (κ2) is 7.72. The maximum Gasteiger partial charge on any atom is 0.319 e. The van der Waals surface area contributed by atoms with Crippen molar-refractivity contribution in [3.8, 4) is 0 Å². The fraction of sp³-hybridized carbons (Fsp3) is 0.769. The molecule has 0 aliphatic carbocycles. The van der Waals surface area contributed by atoms with E-state index >= 15 is 0 Å². The molecule has 0 bridgehead atoms. The molecular formula is C13H22N2O5. The highest BCUT2D eigenvalue weighted by atomic mass is 16.5. The van der Waals surface area contributed by atoms with E-state index in [1.807, 2.05) is 0 Å². The van der Waals surface area contributed by atoms with Gasteiger partial charge in [0.15, 0.2) is 0 Å². The number of carboxylic acid groups (broad SMARTS) is 1. The Morgan fingerprint density at radius 1 is 1.40 bits per heavy atom. The van der Waals surface area contributed by atoms with Gasteiger partial charge in [-0.2, -0.15) is 0 Å². The van der Waals surface area contributed by atoms with Crippen LogP contribution in [0.2, 0.25) is 0 Å². The summed E-state index contributed by atoms with van der Waals surface area (Å²) < 4.78 is 4.53. The number of aliphatic carboxylic acids is 1. The smallest absolute Gasteiger partial charge is 0.319 e. The zero-order chi connectivity index (χ0) is 15.1. The predicted octanol–water partition coefficient (Wildman–Crippen LogP) is 0.788. The normalized spacial score (nSPS) is 17.9. The average molecular weight is 286 g/mol. The summed E-state index contributed by atoms with van der Waals surface area (Å²) in [5.41, 5.74) is 0. The number of likely N-dealkylation sites (tertiary alicyclic amines) is 1. The van der Waals surface area contributed by atoms with Crippen molar-refractivity contribution in [2.75, 3.05) is 33.8 Å². The summed E-state index contributed by atoms with van der Waals surface area (Å²) in [7, 11) is 3.02. The van der Waals surface area contributed by atoms with E-state index in [1.54, 1.807) is 16.8 Å². The molecule has 1 heterocycles. The fourth-order valence-corrected chi connectivity index (χ4v) is 2.32. The number of rotatable bonds is 6. The molecule has 1 rings (SSSR count). The van der Waals surface area contributed by atoms with Crippen LogP contribution in [0, 0.1) is 5.92 Å². The minimum absolute atomic E-state index is 0.0416. The zero-order valence-corrected chi connectivity index (χ0v) is 12.0. The van der Waals surface area contributed by atoms with Gasteiger partial charge < -0.3 is 19.6 Å². The van der Waals surface area contributed by atoms with Crippen molar-refractivity contribution in [3.63, 3.8) is 0 Å². The van der Waals surface area contributed by atoms with Crippen LogP contribution in [-0.2, 0) is 14.3 Å². The lowest BCUT2D eigenvalue weighted by Gasteiger charge is -2.24. The molecule has 1 saturated heterocycles. The third-order valence-electron chi connectivity index (χ3n) is 3.45. The number of carboxylic acids is 1. The van der Waals surface area contributed by atoms with Gasteiger partial charge in [0.1, 0.15) is 0 Å². The molecule has 2 amide bonds. The number of nitrogens with zero attached hydrogens (tertiary/aromatic N) is 2. The van der Waals surface area contributed by atoms with Gasteiger partial charge in [0, 0.05) is 39.5 Å². The zero-order valence-electron chi connectivity index (χ0n) is 12.0. The molecule has 1 aliphatic heterocycles. The minimum Gasteiger partial charge on any atom is -0.481 e. The van der Waals surface area contributed by atoms with Crippen LogP contribution in [0.4, 0.5) is 4.79 Å². The Morgan fingerprint density at radius 3 is 2.70 bits per heavy atom. The number of ether oxygens (including phenoxy) is 1. The van der Waals surface area contributed by atoms with Crippen LogP contribution < -0.4 is 0 Å². The monoisotopic (exact) mass is 286 g/mol. The molecule has 1 unspecified atom stereocenters. The molecule has 0 radical (unpaired) electrons. The van der Waals surface area contributed by atoms with E-state index in [4.69, 9.17) is 5.11 Å². The third kappa shape index (κ3) is 5.07. The first-order valence-electron chi connectivity index (χ1n) is 6.72. The van der Waals surface area contributed by atoms with Crippen molar-refractivity contribution in [1.82, 2.24) is 9.80 Å². The Labute approximate surface area is 118 Å². The van der Waals surface area contributed by atoms with Gasteiger partial charge >= 0.3 is 18.0 Å². The highest BCUT2D eigenvalue weighted by molar-refractivity contribution is 5.75. The van der Waals surface area contributed by atoms with E-state index < -0.39 is 5.97 Å². The SMILES string of the molecule is COC(=O)CCCN(C)C(=O)N1CCC(CC(=O)O)C1. The molecule has 0 saturated carbocycles. The number of hydrogen-bond acceptors (Lipinski definition) is 4. The van der Waals surface area contributed by atoms with E-state index in [0.29, 0.717) is 26.1 Å². The van der Waals surface area contributed by atoms with E-state index in [2.05, 4.69) is 4.74 Å². The summed E-state index contributed by atoms with van der Waals surface area (Å²) in [6, 6.07) is -0.109. The Kier molecular flexibility index (Phi) is 6.27. The number of hydrogen-bond donors (Lipinski definition) is 1. The van der Waals surface area contributed by atoms with Gasteiger partial charge in [0.25, 0.3) is 0 Å². The maximum absolute atomic E-state index is 12.1. The van der Waals surface area contributed by atoms with Crippen molar-refractivity contribution in [2.24, 2.45) is 5.92 Å². The number of carbonyl (C=O) groups is 3. The first kappa shape index (κ1) is 16.3. The summed E-state index contributed by atoms with van der Waals surface area (Å²) in [4.78, 5) is 37.0. The summed E-state index contributed by atoms with van der Waals surface area (Å²) in [6.45, 7) is 1.57. The summed E-state index contributed by atoms with van der Waals surface area (Å²) >= 11 is 0. The Morgan fingerprint density at radius 2 is 2.10 bits per heavy atom. The van der Waals surface area contributed by atoms with Gasteiger partial charge in [0.2, 0.25) is 0 Å². The molecular weight excluding hydrogens is 264 g/mol. The minimum atomic E-state index is -0.823. The van der Waals surface area contributed by atoms with Gasteiger partial charge in [-0.1, -0.05) is 0 Å². The van der Waals surface area contributed by atoms with Crippen LogP contribution in [0.15, 0.2) is 0 Å². The molecule has 7 heteroatoms. The maximum atomic E-state index is 12.1. The lowest BCUT2D eigenvalue weighted by molar-refractivity contribution is -0.141. The highest BCUT2D eigenvalue weighted by Gasteiger charge is 2.29. The topological polar surface area (TPSA) is 87.2 Å². The molecule has 0 aromatic carbocycles. The molecule has 1 N–H and O–H groups in total. The van der Waals surface area contributed by atoms with Crippen LogP contribution in [0.3, 0.4) is 0 Å². The second-order valence-corrected chi connectivity index (χ2v) is 5.08. The van der Waals surface area contributed by atoms with E-state index in [0.717, 1.165) is 6.42 Å². The Hall–Kier alpha value is -1.79. The fourth-order valence-electron chi connectivity index (χ4n) is 2.32. The second-order valence-electron chi connectivity index (χ2n) is 5.08. The van der Waals surface area contributed by atoms with Crippen LogP contribution >= 0.6 is 0 Å². The standard InChI is InChI=1S/C13H22N2O5/c1-14(6-3-4-12(18)20-2)13(19)15-7-5-10(9-15)8-11(16)17/h10H,3-9H2,1-2H3,(H,16,17). The average Bonchev–Trinajstić information content (AvgIpc) is 2.84. The van der Waals surface area contributed by atoms with Gasteiger partial charge in [-0.25, -0.2) is 4.79 Å². The van der Waals surface area contributed by atoms with Crippen LogP contribution in [-0.4, -0.2) is 66.7 Å². The largest absolute Gasteiger partial charge is 0.481 e. The first-order chi connectivity index (χ1) is 9.43. The van der Waals surface area contributed by atoms with Crippen molar-refractivity contribution in [2.45, 2.75) is 25.7 Å². The van der Waals surface area contributed by atoms with Crippen molar-refractivity contribution >= 4 is 18.0 Å². The number of amides is 2. The first-order valence-corrected chi connectivity index (χ1v) is 6.72. The molecule has 7 nitrogen and oxygen atoms in total. The van der Waals surface area contributed by atoms with Gasteiger partial charge in [0.05, 0.1) is 7.11 Å². The molecule has 0 aromatic rings. The molecule has 114 valence electrons. The van der Waals surface area contributed by atoms with Crippen molar-refractivity contribution in [1.29, 1.82) is 0 Å². The summed E-state index contributed by atoms with van der Waals surface area (Å²) in [5, 5.41) is 8.74. The molecule has 1 atom stereocenters. The molecule has 0 aromatic heterocycles. The molecule has 20 heavy (non-hydrogen) atoms. The van der Waals surface area contributed by atoms with Crippen LogP contribution in [0.5, 0.6) is 0 Å². The van der Waals surface area contributed by atoms with Crippen LogP contribution in [0.1, 0.15) is 25.7 Å². The van der Waals surface area contributed by atoms with E-state index in [9.17, 15) is 14.4 Å². The van der Waals surface area contributed by atoms with Crippen LogP contribution in [0.25, 0.3) is 0 Å². The number of urea groups is 1. The van der Waals surface area contributed by atoms with Crippen molar-refractivity contribution < 1.29 is 24.2 Å². The molecule has 1 fully saturated rings. The number of methoxy groups -OCH3 is 1. The van der Waals surface area contributed by atoms with E-state index in [-0.39, 0.29) is 30.8 Å². The van der Waals surface area contributed by atoms with Crippen molar-refractivity contribution in [3.05, 3.63) is 0 Å². The Balaban J connectivity index is 2.31. The lowest BCUT2D eigenvalue weighted by Crippen LogP contribution is -2.40. The van der Waals surface area contributed by atoms with E-state index in [1.165, 1.54) is 7.11 Å². The number of esters is 1. The quantitative estimate of drug-likeness (QED) is 0.729. The third-order valence-corrected chi connectivity index (χ3v) is 3.45. The highest BCUT2D eigenvalue weighted by Crippen LogP contribution is 2.20. The summed E-state index contributed by atoms with van der Waals surface area (Å²) in [5.74, 6) is -1.07. The lowest BCUT2D eigenvalue weighted by atomic mass is 10.1. The molecule has 1 aliphatic rings. The Bertz CT molecular complexity index is 372. The van der Waals surface area contributed by atoms with Gasteiger partial charge in [-0.3, -0.25) is 9.59 Å². The van der Waals surface area contributed by atoms with Gasteiger partial charge in [-0.15, -0.1) is 0 Å². The molecule has 0 spiro atoms. The summed E-state index contributed by atoms with van der Waals surface area (Å²) in [6.07, 6.45) is 1.68. The number of carbonyl (C=O) groups excluding carboxylic acids is 2. The van der Waals surface area contributed by atoms with Gasteiger partial charge in [-0.05, 0) is 18.8 Å². The predicted molar refractivity (Wildman–Crippen MR) is 71.2 cm³/mol.